The molecule has 2 saturated heterocycles. The molecule has 7 heterocycles. The van der Waals surface area contributed by atoms with Crippen LogP contribution in [0, 0.1) is 20.8 Å². The number of ether oxygens (including phenoxy) is 9. The molecule has 3 aromatic rings. The molecule has 1 spiro atoms. The average molecular weight is 918 g/mol. The molecule has 0 aliphatic carbocycles. The van der Waals surface area contributed by atoms with Gasteiger partial charge in [0.2, 0.25) is 6.79 Å². The average Bonchev–Trinajstić information content (AvgIpc) is 3.71. The quantitative estimate of drug-likeness (QED) is 0.155. The Balaban J connectivity index is 1.23. The molecule has 7 aliphatic heterocycles. The molecule has 2 fully saturated rings. The van der Waals surface area contributed by atoms with Crippen LogP contribution in [0.25, 0.3) is 0 Å². The Morgan fingerprint density at radius 1 is 0.846 bits per heavy atom. The summed E-state index contributed by atoms with van der Waals surface area (Å²) < 4.78 is 53.9. The van der Waals surface area contributed by atoms with Crippen LogP contribution >= 0.6 is 11.8 Å². The first-order valence-corrected chi connectivity index (χ1v) is 23.1. The Hall–Kier alpha value is -4.94. The van der Waals surface area contributed by atoms with Gasteiger partial charge < -0.3 is 47.7 Å². The van der Waals surface area contributed by atoms with Gasteiger partial charge >= 0.3 is 18.3 Å². The van der Waals surface area contributed by atoms with E-state index in [-0.39, 0.29) is 36.4 Å². The third kappa shape index (κ3) is 7.41. The van der Waals surface area contributed by atoms with E-state index in [1.165, 1.54) is 7.11 Å². The number of benzene rings is 3. The van der Waals surface area contributed by atoms with Crippen LogP contribution in [-0.4, -0.2) is 110 Å². The standard InChI is InChI=1S/C48H59N3O13S/c1-22-15-26-16-28-42(52)51-29-19-58-43(53)48(27-18-30(56-11)31(17-25(27)13-14-49-48)61-44(54)63-46(4,5)6)20-65-41(32-23(2)24(3)38-39(34(29)32)60-21-59-38)36(51)35(50(28)10)33(26)40(37(22)57-12)62-45(55)64-47(7,8)9/h15,17-18,28-29,35-36,41-42,49,52H,13-14,16,19-21H2,1-12H3/t28-,29+,35+,36?,41+,42-,48+/m0/s1. The number of aliphatic hydroxyl groups excluding tert-OH is 1. The van der Waals surface area contributed by atoms with E-state index in [0.29, 0.717) is 42.2 Å². The van der Waals surface area contributed by atoms with E-state index < -0.39 is 70.7 Å². The maximum absolute atomic E-state index is 15.1. The van der Waals surface area contributed by atoms with Crippen molar-refractivity contribution < 1.29 is 62.1 Å². The van der Waals surface area contributed by atoms with Crippen molar-refractivity contribution in [3.8, 4) is 34.5 Å². The van der Waals surface area contributed by atoms with Gasteiger partial charge in [0, 0.05) is 34.7 Å². The number of rotatable bonds is 4. The number of hydrogen-bond acceptors (Lipinski definition) is 17. The van der Waals surface area contributed by atoms with Gasteiger partial charge in [0.05, 0.1) is 32.3 Å². The molecule has 0 saturated carbocycles. The Bertz CT molecular complexity index is 2480. The molecule has 16 nitrogen and oxygen atoms in total. The van der Waals surface area contributed by atoms with Crippen LogP contribution in [0.5, 0.6) is 34.5 Å². The monoisotopic (exact) mass is 917 g/mol. The first-order chi connectivity index (χ1) is 30.7. The number of fused-ring (bicyclic) bond motifs is 9. The van der Waals surface area contributed by atoms with Crippen molar-refractivity contribution in [1.82, 2.24) is 15.1 Å². The zero-order chi connectivity index (χ0) is 46.7. The fourth-order valence-electron chi connectivity index (χ4n) is 10.8. The van der Waals surface area contributed by atoms with Gasteiger partial charge in [-0.3, -0.25) is 15.1 Å². The van der Waals surface area contributed by atoms with Crippen LogP contribution in [0.3, 0.4) is 0 Å². The van der Waals surface area contributed by atoms with Crippen molar-refractivity contribution in [3.05, 3.63) is 68.3 Å². The largest absolute Gasteiger partial charge is 0.514 e. The minimum atomic E-state index is -1.38. The normalized spacial score (nSPS) is 26.8. The summed E-state index contributed by atoms with van der Waals surface area (Å²) in [4.78, 5) is 45.9. The second-order valence-electron chi connectivity index (χ2n) is 19.7. The second-order valence-corrected chi connectivity index (χ2v) is 20.9. The van der Waals surface area contributed by atoms with E-state index in [9.17, 15) is 14.7 Å². The van der Waals surface area contributed by atoms with Crippen LogP contribution in [0.15, 0.2) is 18.2 Å². The molecule has 2 N–H and O–H groups in total. The van der Waals surface area contributed by atoms with Gasteiger partial charge in [0.25, 0.3) is 0 Å². The molecule has 350 valence electrons. The van der Waals surface area contributed by atoms with E-state index in [4.69, 9.17) is 42.6 Å². The first-order valence-electron chi connectivity index (χ1n) is 22.0. The molecule has 7 aliphatic rings. The lowest BCUT2D eigenvalue weighted by Crippen LogP contribution is -2.70. The third-order valence-corrected chi connectivity index (χ3v) is 15.0. The molecular weight excluding hydrogens is 859 g/mol. The Labute approximate surface area is 383 Å². The molecule has 1 unspecified atom stereocenters. The lowest BCUT2D eigenvalue weighted by Gasteiger charge is -2.62. The fraction of sp³-hybridized carbons (Fsp3) is 0.562. The number of methoxy groups -OCH3 is 2. The summed E-state index contributed by atoms with van der Waals surface area (Å²) in [6.45, 7) is 16.9. The first kappa shape index (κ1) is 45.2. The van der Waals surface area contributed by atoms with E-state index >= 15 is 4.79 Å². The number of nitrogens with zero attached hydrogens (tertiary/aromatic N) is 2. The number of nitrogens with one attached hydrogen (secondary N) is 1. The lowest BCUT2D eigenvalue weighted by atomic mass is 9.72. The Morgan fingerprint density at radius 3 is 2.22 bits per heavy atom. The number of carbonyl (C=O) groups is 3. The van der Waals surface area contributed by atoms with Crippen LogP contribution < -0.4 is 33.7 Å². The van der Waals surface area contributed by atoms with Gasteiger partial charge in [-0.1, -0.05) is 6.07 Å². The molecule has 4 bridgehead atoms. The fourth-order valence-corrected chi connectivity index (χ4v) is 12.6. The predicted molar refractivity (Wildman–Crippen MR) is 238 cm³/mol. The van der Waals surface area contributed by atoms with Gasteiger partial charge in [-0.25, -0.2) is 14.4 Å². The Kier molecular flexibility index (Phi) is 11.2. The summed E-state index contributed by atoms with van der Waals surface area (Å²) in [5.41, 5.74) is 4.63. The number of likely N-dealkylation sites (N-methyl/N-ethyl adjacent to an activating group) is 1. The van der Waals surface area contributed by atoms with Crippen molar-refractivity contribution >= 4 is 30.0 Å². The molecule has 3 aromatic carbocycles. The smallest absolute Gasteiger partial charge is 0.493 e. The van der Waals surface area contributed by atoms with Crippen molar-refractivity contribution in [2.24, 2.45) is 0 Å². The summed E-state index contributed by atoms with van der Waals surface area (Å²) in [5, 5.41) is 16.0. The van der Waals surface area contributed by atoms with Gasteiger partial charge in [0.15, 0.2) is 40.0 Å². The minimum Gasteiger partial charge on any atom is -0.493 e. The number of piperazine rings is 1. The minimum absolute atomic E-state index is 0.0273. The van der Waals surface area contributed by atoms with Gasteiger partial charge in [-0.15, -0.1) is 11.8 Å². The SMILES string of the molecule is COc1cc2c(cc1OC(=O)OC(C)(C)C)CCN[C@]21CS[C@@H]2c3c(C)c(C)c4c(c3[C@@H](COC1=O)N1C2[C@H]2c3c(cc(C)c(OC)c3OC(=O)OC(C)(C)C)C[C@@H]([C@@H]1O)N2C)OCO4. The van der Waals surface area contributed by atoms with Crippen LogP contribution in [0.4, 0.5) is 9.59 Å². The summed E-state index contributed by atoms with van der Waals surface area (Å²) in [7, 11) is 5.03. The third-order valence-electron chi connectivity index (χ3n) is 13.5. The lowest BCUT2D eigenvalue weighted by molar-refractivity contribution is -0.186. The van der Waals surface area contributed by atoms with Crippen molar-refractivity contribution in [3.63, 3.8) is 0 Å². The molecule has 17 heteroatoms. The van der Waals surface area contributed by atoms with E-state index in [0.717, 1.165) is 44.5 Å². The van der Waals surface area contributed by atoms with E-state index in [2.05, 4.69) is 28.1 Å². The number of aryl methyl sites for hydroxylation is 1. The zero-order valence-corrected chi connectivity index (χ0v) is 39.9. The van der Waals surface area contributed by atoms with Crippen LogP contribution in [0.1, 0.15) is 109 Å². The van der Waals surface area contributed by atoms with Gasteiger partial charge in [-0.05, 0) is 133 Å². The molecule has 10 rings (SSSR count). The van der Waals surface area contributed by atoms with Crippen molar-refractivity contribution in [2.45, 2.75) is 128 Å². The summed E-state index contributed by atoms with van der Waals surface area (Å²) in [5.74, 6) is 1.98. The van der Waals surface area contributed by atoms with Gasteiger partial charge in [0.1, 0.15) is 24.0 Å². The summed E-state index contributed by atoms with van der Waals surface area (Å²) >= 11 is 1.58. The van der Waals surface area contributed by atoms with Crippen LogP contribution in [-0.2, 0) is 37.4 Å². The number of carbonyl (C=O) groups excluding carboxylic acids is 3. The highest BCUT2D eigenvalue weighted by Gasteiger charge is 2.61. The van der Waals surface area contributed by atoms with E-state index in [1.54, 1.807) is 72.5 Å². The molecule has 0 amide bonds. The number of aliphatic hydroxyl groups is 1. The highest BCUT2D eigenvalue weighted by atomic mass is 32.2. The molecule has 7 atom stereocenters. The highest BCUT2D eigenvalue weighted by molar-refractivity contribution is 7.99. The molecule has 65 heavy (non-hydrogen) atoms. The predicted octanol–water partition coefficient (Wildman–Crippen LogP) is 7.01. The summed E-state index contributed by atoms with van der Waals surface area (Å²) in [6.07, 6.45) is -1.82. The maximum Gasteiger partial charge on any atom is 0.514 e. The zero-order valence-electron chi connectivity index (χ0n) is 39.1. The molecular formula is C48H59N3O13S. The van der Waals surface area contributed by atoms with Crippen molar-refractivity contribution in [1.29, 1.82) is 0 Å². The van der Waals surface area contributed by atoms with Crippen LogP contribution in [0.2, 0.25) is 0 Å². The maximum atomic E-state index is 15.1. The second kappa shape index (κ2) is 16.1. The van der Waals surface area contributed by atoms with Gasteiger partial charge in [-0.2, -0.15) is 0 Å². The number of hydrogen-bond donors (Lipinski definition) is 2. The Morgan fingerprint density at radius 2 is 1.54 bits per heavy atom. The summed E-state index contributed by atoms with van der Waals surface area (Å²) in [6, 6.07) is 3.46. The van der Waals surface area contributed by atoms with Crippen molar-refractivity contribution in [2.75, 3.05) is 47.0 Å². The number of thioether (sulfide) groups is 1. The topological polar surface area (TPSA) is 173 Å². The highest BCUT2D eigenvalue weighted by Crippen LogP contribution is 2.63. The van der Waals surface area contributed by atoms with E-state index in [1.807, 2.05) is 20.9 Å². The molecule has 0 radical (unpaired) electrons. The molecule has 0 aromatic heterocycles. The number of esters is 1.